The number of fused-ring (bicyclic) bond motifs is 1. The van der Waals surface area contributed by atoms with E-state index in [1.54, 1.807) is 18.9 Å². The van der Waals surface area contributed by atoms with Crippen LogP contribution in [0.5, 0.6) is 0 Å². The number of thioether (sulfide) groups is 1. The molecular formula is C25H43ClF2N6O2S. The minimum absolute atomic E-state index is 0.0551. The maximum Gasteiger partial charge on any atom is 0.253 e. The highest BCUT2D eigenvalue weighted by atomic mass is 35.5. The van der Waals surface area contributed by atoms with Gasteiger partial charge >= 0.3 is 0 Å². The second kappa shape index (κ2) is 12.5. The van der Waals surface area contributed by atoms with E-state index in [9.17, 15) is 13.6 Å². The molecule has 0 saturated carbocycles. The molecule has 0 spiro atoms. The van der Waals surface area contributed by atoms with Crippen molar-refractivity contribution in [3.05, 3.63) is 0 Å². The first-order chi connectivity index (χ1) is 17.8. The summed E-state index contributed by atoms with van der Waals surface area (Å²) in [5, 5.41) is 17.3. The Labute approximate surface area is 228 Å². The quantitative estimate of drug-likeness (QED) is 0.234. The van der Waals surface area contributed by atoms with Gasteiger partial charge in [-0.3, -0.25) is 20.3 Å². The molecule has 0 aromatic rings. The summed E-state index contributed by atoms with van der Waals surface area (Å²) in [6.07, 6.45) is 1.86. The van der Waals surface area contributed by atoms with E-state index >= 15 is 0 Å². The molecule has 11 unspecified atom stereocenters. The zero-order chi connectivity index (χ0) is 26.1. The SMILES string of the molecule is COC1CNC(Cl)CC1C1CC(C)NCC1C(=O)NC1NC2CN(CC3CCCC(C(F)F)N3)CC2S1. The molecular weight excluding hydrogens is 522 g/mol. The standard InChI is InChI=1S/C25H43ClF2N6O2S/c1-13-6-15(16-7-22(26)30-9-20(16)36-2)17(8-29-13)24(35)33-25-32-19-11-34(12-21(19)37-25)10-14-4-3-5-18(31-14)23(27)28/h13-23,25,29-32H,3-12H2,1-2H3,(H,33,35). The number of nitrogens with one attached hydrogen (secondary N) is 5. The number of hydrogen-bond donors (Lipinski definition) is 5. The Morgan fingerprint density at radius 1 is 1.16 bits per heavy atom. The van der Waals surface area contributed by atoms with Gasteiger partial charge in [0.1, 0.15) is 5.50 Å². The molecule has 0 aromatic carbocycles. The predicted octanol–water partition coefficient (Wildman–Crippen LogP) is 1.35. The van der Waals surface area contributed by atoms with Crippen molar-refractivity contribution in [2.75, 3.05) is 39.8 Å². The van der Waals surface area contributed by atoms with Gasteiger partial charge in [-0.15, -0.1) is 23.4 Å². The highest BCUT2D eigenvalue weighted by Gasteiger charge is 2.46. The Balaban J connectivity index is 1.12. The molecule has 212 valence electrons. The number of alkyl halides is 3. The lowest BCUT2D eigenvalue weighted by atomic mass is 9.70. The van der Waals surface area contributed by atoms with E-state index in [4.69, 9.17) is 16.3 Å². The lowest BCUT2D eigenvalue weighted by molar-refractivity contribution is -0.130. The van der Waals surface area contributed by atoms with Gasteiger partial charge in [-0.1, -0.05) is 6.42 Å². The number of nitrogens with zero attached hydrogens (tertiary/aromatic N) is 1. The molecule has 12 heteroatoms. The molecule has 37 heavy (non-hydrogen) atoms. The van der Waals surface area contributed by atoms with Crippen LogP contribution in [-0.2, 0) is 9.53 Å². The molecule has 0 aromatic heterocycles. The van der Waals surface area contributed by atoms with Gasteiger partial charge in [-0.25, -0.2) is 8.78 Å². The van der Waals surface area contributed by atoms with E-state index < -0.39 is 12.5 Å². The number of likely N-dealkylation sites (tertiary alicyclic amines) is 1. The van der Waals surface area contributed by atoms with Gasteiger partial charge in [0.15, 0.2) is 0 Å². The van der Waals surface area contributed by atoms with E-state index in [0.29, 0.717) is 36.8 Å². The zero-order valence-corrected chi connectivity index (χ0v) is 23.4. The molecule has 0 bridgehead atoms. The number of methoxy groups -OCH3 is 1. The maximum absolute atomic E-state index is 13.5. The number of ether oxygens (including phenoxy) is 1. The van der Waals surface area contributed by atoms with Crippen molar-refractivity contribution in [3.8, 4) is 0 Å². The van der Waals surface area contributed by atoms with Crippen molar-refractivity contribution in [1.29, 1.82) is 0 Å². The molecule has 5 aliphatic rings. The van der Waals surface area contributed by atoms with Crippen LogP contribution in [-0.4, -0.2) is 104 Å². The number of carbonyl (C=O) groups is 1. The van der Waals surface area contributed by atoms with Crippen LogP contribution in [0.4, 0.5) is 8.78 Å². The maximum atomic E-state index is 13.5. The van der Waals surface area contributed by atoms with Gasteiger partial charge < -0.3 is 20.7 Å². The van der Waals surface area contributed by atoms with Crippen molar-refractivity contribution in [3.63, 3.8) is 0 Å². The lowest BCUT2D eigenvalue weighted by Gasteiger charge is -2.45. The average Bonchev–Trinajstić information content (AvgIpc) is 3.41. The molecule has 5 N–H and O–H groups in total. The van der Waals surface area contributed by atoms with Crippen LogP contribution in [0, 0.1) is 17.8 Å². The zero-order valence-electron chi connectivity index (χ0n) is 21.8. The largest absolute Gasteiger partial charge is 0.380 e. The number of hydrogen-bond acceptors (Lipinski definition) is 8. The summed E-state index contributed by atoms with van der Waals surface area (Å²) >= 11 is 8.25. The van der Waals surface area contributed by atoms with Crippen LogP contribution in [0.3, 0.4) is 0 Å². The summed E-state index contributed by atoms with van der Waals surface area (Å²) in [5.74, 6) is 0.422. The lowest BCUT2D eigenvalue weighted by Crippen LogP contribution is -2.57. The average molecular weight is 565 g/mol. The van der Waals surface area contributed by atoms with Gasteiger partial charge in [-0.05, 0) is 44.4 Å². The molecule has 5 saturated heterocycles. The van der Waals surface area contributed by atoms with E-state index in [0.717, 1.165) is 45.3 Å². The topological polar surface area (TPSA) is 89.7 Å². The Morgan fingerprint density at radius 2 is 2.00 bits per heavy atom. The number of rotatable bonds is 7. The van der Waals surface area contributed by atoms with Crippen LogP contribution in [0.1, 0.15) is 39.0 Å². The first kappa shape index (κ1) is 28.3. The minimum Gasteiger partial charge on any atom is -0.380 e. The molecule has 5 fully saturated rings. The smallest absolute Gasteiger partial charge is 0.253 e. The normalized spacial score (nSPS) is 45.2. The Bertz CT molecular complexity index is 775. The van der Waals surface area contributed by atoms with E-state index in [2.05, 4.69) is 38.4 Å². The fourth-order valence-corrected chi connectivity index (χ4v) is 8.93. The summed E-state index contributed by atoms with van der Waals surface area (Å²) in [5.41, 5.74) is -0.197. The second-order valence-corrected chi connectivity index (χ2v) is 13.5. The Kier molecular flexibility index (Phi) is 9.55. The second-order valence-electron chi connectivity index (χ2n) is 11.7. The molecule has 0 radical (unpaired) electrons. The molecule has 5 rings (SSSR count). The molecule has 5 aliphatic heterocycles. The molecule has 11 atom stereocenters. The molecule has 8 nitrogen and oxygen atoms in total. The number of halogens is 3. The Morgan fingerprint density at radius 3 is 2.76 bits per heavy atom. The van der Waals surface area contributed by atoms with E-state index in [-0.39, 0.29) is 46.8 Å². The van der Waals surface area contributed by atoms with Crippen LogP contribution >= 0.6 is 23.4 Å². The van der Waals surface area contributed by atoms with Gasteiger partial charge in [-0.2, -0.15) is 0 Å². The summed E-state index contributed by atoms with van der Waals surface area (Å²) in [7, 11) is 1.75. The van der Waals surface area contributed by atoms with Crippen LogP contribution in [0.2, 0.25) is 0 Å². The van der Waals surface area contributed by atoms with Crippen LogP contribution < -0.4 is 26.6 Å². The fraction of sp³-hybridized carbons (Fsp3) is 0.960. The highest BCUT2D eigenvalue weighted by Crippen LogP contribution is 2.38. The van der Waals surface area contributed by atoms with Gasteiger partial charge in [0.25, 0.3) is 6.43 Å². The first-order valence-electron chi connectivity index (χ1n) is 13.9. The van der Waals surface area contributed by atoms with Gasteiger partial charge in [0, 0.05) is 63.2 Å². The summed E-state index contributed by atoms with van der Waals surface area (Å²) < 4.78 is 32.1. The van der Waals surface area contributed by atoms with Crippen molar-refractivity contribution in [2.24, 2.45) is 17.8 Å². The van der Waals surface area contributed by atoms with Gasteiger partial charge in [0.05, 0.1) is 23.6 Å². The summed E-state index contributed by atoms with van der Waals surface area (Å²) in [4.78, 5) is 15.9. The van der Waals surface area contributed by atoms with Crippen molar-refractivity contribution in [1.82, 2.24) is 31.5 Å². The Hall–Kier alpha value is -0.270. The van der Waals surface area contributed by atoms with Crippen molar-refractivity contribution < 1.29 is 18.3 Å². The molecule has 5 heterocycles. The fourth-order valence-electron chi connectivity index (χ4n) is 7.20. The summed E-state index contributed by atoms with van der Waals surface area (Å²) in [6.45, 7) is 6.16. The summed E-state index contributed by atoms with van der Waals surface area (Å²) in [6, 6.07) is 0.107. The number of amides is 1. The number of piperidine rings is 3. The van der Waals surface area contributed by atoms with Crippen molar-refractivity contribution >= 4 is 29.3 Å². The third-order valence-electron chi connectivity index (χ3n) is 9.11. The monoisotopic (exact) mass is 564 g/mol. The number of carbonyl (C=O) groups excluding carboxylic acids is 1. The third kappa shape index (κ3) is 6.73. The molecule has 1 amide bonds. The van der Waals surface area contributed by atoms with Crippen LogP contribution in [0.25, 0.3) is 0 Å². The third-order valence-corrected chi connectivity index (χ3v) is 10.8. The first-order valence-corrected chi connectivity index (χ1v) is 15.3. The van der Waals surface area contributed by atoms with E-state index in [1.807, 2.05) is 0 Å². The highest BCUT2D eigenvalue weighted by molar-refractivity contribution is 8.00. The van der Waals surface area contributed by atoms with Gasteiger partial charge in [0.2, 0.25) is 5.91 Å². The predicted molar refractivity (Wildman–Crippen MR) is 143 cm³/mol. The minimum atomic E-state index is -2.30. The van der Waals surface area contributed by atoms with E-state index in [1.165, 1.54) is 0 Å². The van der Waals surface area contributed by atoms with Crippen molar-refractivity contribution in [2.45, 2.75) is 92.0 Å². The molecule has 0 aliphatic carbocycles. The van der Waals surface area contributed by atoms with Crippen LogP contribution in [0.15, 0.2) is 0 Å².